The molecule has 1 N–H and O–H groups in total. The molecular formula is C18H22N4O3. The van der Waals surface area contributed by atoms with Gasteiger partial charge in [-0.2, -0.15) is 5.26 Å². The fraction of sp³-hybridized carbons (Fsp3) is 0.444. The monoisotopic (exact) mass is 342 g/mol. The molecule has 0 bridgehead atoms. The molecule has 1 aliphatic heterocycles. The number of nitriles is 1. The van der Waals surface area contributed by atoms with E-state index in [0.717, 1.165) is 10.5 Å². The zero-order chi connectivity index (χ0) is 18.4. The molecule has 0 radical (unpaired) electrons. The fourth-order valence-electron chi connectivity index (χ4n) is 2.65. The number of hydrogen-bond acceptors (Lipinski definition) is 4. The van der Waals surface area contributed by atoms with Crippen molar-refractivity contribution in [3.05, 3.63) is 35.4 Å². The summed E-state index contributed by atoms with van der Waals surface area (Å²) in [6, 6.07) is 8.85. The molecule has 1 aromatic rings. The number of carbonyl (C=O) groups is 3. The summed E-state index contributed by atoms with van der Waals surface area (Å²) in [5, 5.41) is 11.3. The van der Waals surface area contributed by atoms with E-state index in [9.17, 15) is 14.4 Å². The molecule has 0 aliphatic carbocycles. The number of benzene rings is 1. The van der Waals surface area contributed by atoms with E-state index in [-0.39, 0.29) is 37.4 Å². The molecule has 1 aliphatic rings. The molecule has 0 spiro atoms. The molecule has 7 nitrogen and oxygen atoms in total. The Hall–Kier alpha value is -2.88. The van der Waals surface area contributed by atoms with Crippen LogP contribution in [0.25, 0.3) is 0 Å². The van der Waals surface area contributed by atoms with Crippen LogP contribution in [0.4, 0.5) is 4.79 Å². The molecule has 0 unspecified atom stereocenters. The average Bonchev–Trinajstić information content (AvgIpc) is 2.91. The number of urea groups is 1. The minimum atomic E-state index is -0.393. The second kappa shape index (κ2) is 8.29. The number of nitrogens with one attached hydrogen (secondary N) is 1. The number of amides is 4. The van der Waals surface area contributed by atoms with Gasteiger partial charge in [-0.1, -0.05) is 12.1 Å². The van der Waals surface area contributed by atoms with Crippen molar-refractivity contribution >= 4 is 17.8 Å². The first-order valence-electron chi connectivity index (χ1n) is 8.29. The van der Waals surface area contributed by atoms with Crippen molar-refractivity contribution in [2.24, 2.45) is 0 Å². The van der Waals surface area contributed by atoms with Gasteiger partial charge < -0.3 is 10.2 Å². The predicted molar refractivity (Wildman–Crippen MR) is 91.2 cm³/mol. The van der Waals surface area contributed by atoms with Crippen LogP contribution in [0.5, 0.6) is 0 Å². The Labute approximate surface area is 147 Å². The highest BCUT2D eigenvalue weighted by Gasteiger charge is 2.28. The number of carbonyl (C=O) groups excluding carboxylic acids is 3. The summed E-state index contributed by atoms with van der Waals surface area (Å²) < 4.78 is 0. The Bertz CT molecular complexity index is 675. The Kier molecular flexibility index (Phi) is 6.12. The summed E-state index contributed by atoms with van der Waals surface area (Å²) >= 11 is 0. The lowest BCUT2D eigenvalue weighted by Gasteiger charge is -2.27. The highest BCUT2D eigenvalue weighted by molar-refractivity contribution is 6.01. The minimum absolute atomic E-state index is 0.0218. The summed E-state index contributed by atoms with van der Waals surface area (Å²) in [5.74, 6) is -0.276. The van der Waals surface area contributed by atoms with Gasteiger partial charge in [-0.15, -0.1) is 0 Å². The average molecular weight is 342 g/mol. The summed E-state index contributed by atoms with van der Waals surface area (Å²) in [5.41, 5.74) is 1.54. The molecule has 7 heteroatoms. The van der Waals surface area contributed by atoms with Crippen LogP contribution in [0, 0.1) is 11.3 Å². The fourth-order valence-corrected chi connectivity index (χ4v) is 2.65. The standard InChI is InChI=1S/C18H22N4O3/c1-13(2)22(12-15-7-5-14(10-19)6-8-15)16(23)4-3-9-21-17(24)11-20-18(21)25/h5-8,13H,3-4,9,11-12H2,1-2H3,(H,20,25). The molecule has 2 rings (SSSR count). The van der Waals surface area contributed by atoms with Crippen molar-refractivity contribution in [3.63, 3.8) is 0 Å². The first kappa shape index (κ1) is 18.5. The Balaban J connectivity index is 1.90. The normalized spacial score (nSPS) is 13.8. The molecule has 0 atom stereocenters. The van der Waals surface area contributed by atoms with Gasteiger partial charge in [0.2, 0.25) is 11.8 Å². The van der Waals surface area contributed by atoms with Crippen LogP contribution in [0.15, 0.2) is 24.3 Å². The van der Waals surface area contributed by atoms with Crippen LogP contribution in [-0.2, 0) is 16.1 Å². The highest BCUT2D eigenvalue weighted by Crippen LogP contribution is 2.13. The van der Waals surface area contributed by atoms with E-state index in [1.165, 1.54) is 0 Å². The molecule has 0 aromatic heterocycles. The van der Waals surface area contributed by atoms with E-state index in [1.54, 1.807) is 17.0 Å². The first-order valence-corrected chi connectivity index (χ1v) is 8.29. The summed E-state index contributed by atoms with van der Waals surface area (Å²) in [7, 11) is 0. The second-order valence-electron chi connectivity index (χ2n) is 6.23. The Morgan fingerprint density at radius 1 is 1.32 bits per heavy atom. The molecule has 1 heterocycles. The number of nitrogens with zero attached hydrogens (tertiary/aromatic N) is 3. The smallest absolute Gasteiger partial charge is 0.324 e. The lowest BCUT2D eigenvalue weighted by molar-refractivity contribution is -0.134. The zero-order valence-electron chi connectivity index (χ0n) is 14.5. The van der Waals surface area contributed by atoms with Gasteiger partial charge in [-0.3, -0.25) is 14.5 Å². The van der Waals surface area contributed by atoms with Gasteiger partial charge in [-0.25, -0.2) is 4.79 Å². The second-order valence-corrected chi connectivity index (χ2v) is 6.23. The molecule has 0 saturated carbocycles. The zero-order valence-corrected chi connectivity index (χ0v) is 14.5. The molecule has 25 heavy (non-hydrogen) atoms. The van der Waals surface area contributed by atoms with Gasteiger partial charge in [-0.05, 0) is 38.0 Å². The Morgan fingerprint density at radius 2 is 2.00 bits per heavy atom. The molecule has 1 fully saturated rings. The van der Waals surface area contributed by atoms with E-state index >= 15 is 0 Å². The quantitative estimate of drug-likeness (QED) is 0.762. The number of hydrogen-bond donors (Lipinski definition) is 1. The largest absolute Gasteiger partial charge is 0.336 e. The van der Waals surface area contributed by atoms with Crippen molar-refractivity contribution in [3.8, 4) is 6.07 Å². The van der Waals surface area contributed by atoms with Gasteiger partial charge in [0, 0.05) is 25.6 Å². The highest BCUT2D eigenvalue weighted by atomic mass is 16.2. The van der Waals surface area contributed by atoms with E-state index in [0.29, 0.717) is 18.5 Å². The maximum Gasteiger partial charge on any atom is 0.324 e. The SMILES string of the molecule is CC(C)N(Cc1ccc(C#N)cc1)C(=O)CCCN1C(=O)CNC1=O. The first-order chi connectivity index (χ1) is 11.9. The molecule has 4 amide bonds. The summed E-state index contributed by atoms with van der Waals surface area (Å²) in [4.78, 5) is 38.4. The number of rotatable bonds is 7. The predicted octanol–water partition coefficient (Wildman–Crippen LogP) is 1.63. The van der Waals surface area contributed by atoms with Crippen LogP contribution < -0.4 is 5.32 Å². The van der Waals surface area contributed by atoms with Crippen molar-refractivity contribution in [2.75, 3.05) is 13.1 Å². The van der Waals surface area contributed by atoms with Gasteiger partial charge in [0.05, 0.1) is 18.2 Å². The van der Waals surface area contributed by atoms with E-state index in [4.69, 9.17) is 5.26 Å². The van der Waals surface area contributed by atoms with Crippen LogP contribution in [-0.4, -0.2) is 46.8 Å². The van der Waals surface area contributed by atoms with Gasteiger partial charge >= 0.3 is 6.03 Å². The third-order valence-electron chi connectivity index (χ3n) is 4.09. The van der Waals surface area contributed by atoms with E-state index in [1.807, 2.05) is 26.0 Å². The maximum absolute atomic E-state index is 12.5. The van der Waals surface area contributed by atoms with Gasteiger partial charge in [0.1, 0.15) is 0 Å². The molecule has 132 valence electrons. The third kappa shape index (κ3) is 4.80. The van der Waals surface area contributed by atoms with Crippen molar-refractivity contribution in [2.45, 2.75) is 39.3 Å². The molecular weight excluding hydrogens is 320 g/mol. The van der Waals surface area contributed by atoms with E-state index < -0.39 is 6.03 Å². The van der Waals surface area contributed by atoms with Crippen molar-refractivity contribution in [1.29, 1.82) is 5.26 Å². The van der Waals surface area contributed by atoms with E-state index in [2.05, 4.69) is 11.4 Å². The van der Waals surface area contributed by atoms with Crippen molar-refractivity contribution in [1.82, 2.24) is 15.1 Å². The molecule has 1 saturated heterocycles. The van der Waals surface area contributed by atoms with Crippen LogP contribution in [0.1, 0.15) is 37.8 Å². The van der Waals surface area contributed by atoms with Crippen LogP contribution >= 0.6 is 0 Å². The minimum Gasteiger partial charge on any atom is -0.336 e. The maximum atomic E-state index is 12.5. The summed E-state index contributed by atoms with van der Waals surface area (Å²) in [6.07, 6.45) is 0.708. The van der Waals surface area contributed by atoms with Crippen molar-refractivity contribution < 1.29 is 14.4 Å². The molecule has 1 aromatic carbocycles. The number of imide groups is 1. The van der Waals surface area contributed by atoms with Crippen LogP contribution in [0.3, 0.4) is 0 Å². The third-order valence-corrected chi connectivity index (χ3v) is 4.09. The van der Waals surface area contributed by atoms with Gasteiger partial charge in [0.15, 0.2) is 0 Å². The summed E-state index contributed by atoms with van der Waals surface area (Å²) in [6.45, 7) is 4.63. The lowest BCUT2D eigenvalue weighted by Crippen LogP contribution is -2.37. The van der Waals surface area contributed by atoms with Gasteiger partial charge in [0.25, 0.3) is 0 Å². The van der Waals surface area contributed by atoms with Crippen LogP contribution in [0.2, 0.25) is 0 Å². The topological polar surface area (TPSA) is 93.5 Å². The lowest BCUT2D eigenvalue weighted by atomic mass is 10.1. The Morgan fingerprint density at radius 3 is 2.52 bits per heavy atom.